The number of nitrogen functional groups attached to an aromatic ring is 1. The largest absolute Gasteiger partial charge is 0.396 e. The maximum absolute atomic E-state index is 5.63. The van der Waals surface area contributed by atoms with Gasteiger partial charge in [0.05, 0.1) is 11.9 Å². The van der Waals surface area contributed by atoms with E-state index in [1.54, 1.807) is 6.20 Å². The van der Waals surface area contributed by atoms with Crippen molar-refractivity contribution >= 4 is 5.69 Å². The molecule has 15 heavy (non-hydrogen) atoms. The number of hydrogen-bond acceptors (Lipinski definition) is 2. The monoisotopic (exact) mass is 199 g/mol. The van der Waals surface area contributed by atoms with Gasteiger partial charge in [-0.2, -0.15) is 5.10 Å². The van der Waals surface area contributed by atoms with Crippen LogP contribution in [0.5, 0.6) is 0 Å². The summed E-state index contributed by atoms with van der Waals surface area (Å²) >= 11 is 0. The van der Waals surface area contributed by atoms with Gasteiger partial charge in [0.15, 0.2) is 0 Å². The highest BCUT2D eigenvalue weighted by Crippen LogP contribution is 2.35. The number of anilines is 1. The molecule has 0 bridgehead atoms. The molecular formula is C12H13N3. The van der Waals surface area contributed by atoms with E-state index in [0.717, 1.165) is 18.7 Å². The molecule has 2 aromatic rings. The van der Waals surface area contributed by atoms with Crippen LogP contribution in [-0.2, 0) is 13.0 Å². The summed E-state index contributed by atoms with van der Waals surface area (Å²) in [6.45, 7) is 0.939. The average Bonchev–Trinajstić information content (AvgIpc) is 2.61. The van der Waals surface area contributed by atoms with Gasteiger partial charge in [0, 0.05) is 18.7 Å². The van der Waals surface area contributed by atoms with Crippen LogP contribution in [0.25, 0.3) is 0 Å². The maximum Gasteiger partial charge on any atom is 0.0719 e. The molecule has 1 aliphatic carbocycles. The Labute approximate surface area is 88.5 Å². The predicted octanol–water partition coefficient (Wildman–Crippen LogP) is 1.81. The summed E-state index contributed by atoms with van der Waals surface area (Å²) in [5, 5.41) is 4.20. The molecule has 0 fully saturated rings. The molecule has 0 radical (unpaired) electrons. The highest BCUT2D eigenvalue weighted by atomic mass is 15.3. The van der Waals surface area contributed by atoms with Crippen LogP contribution in [0.15, 0.2) is 36.7 Å². The lowest BCUT2D eigenvalue weighted by molar-refractivity contribution is 0.475. The molecule has 2 N–H and O–H groups in total. The Hall–Kier alpha value is -1.77. The van der Waals surface area contributed by atoms with Gasteiger partial charge in [-0.25, -0.2) is 0 Å². The third-order valence-electron chi connectivity index (χ3n) is 3.02. The van der Waals surface area contributed by atoms with Crippen LogP contribution in [-0.4, -0.2) is 9.78 Å². The Morgan fingerprint density at radius 3 is 3.00 bits per heavy atom. The van der Waals surface area contributed by atoms with Gasteiger partial charge in [-0.3, -0.25) is 4.68 Å². The first kappa shape index (κ1) is 8.53. The standard InChI is InChI=1S/C12H13N3/c13-11-6-14-15(8-11)7-10-5-9-3-1-2-4-12(9)10/h1-4,6,8,10H,5,7,13H2. The normalized spacial score (nSPS) is 18.3. The molecule has 0 spiro atoms. The molecule has 3 heteroatoms. The molecule has 3 rings (SSSR count). The minimum Gasteiger partial charge on any atom is -0.396 e. The Morgan fingerprint density at radius 2 is 2.27 bits per heavy atom. The first-order valence-electron chi connectivity index (χ1n) is 5.18. The second kappa shape index (κ2) is 3.12. The van der Waals surface area contributed by atoms with Crippen molar-refractivity contribution in [2.45, 2.75) is 18.9 Å². The summed E-state index contributed by atoms with van der Waals surface area (Å²) in [4.78, 5) is 0. The summed E-state index contributed by atoms with van der Waals surface area (Å²) in [6.07, 6.45) is 4.75. The summed E-state index contributed by atoms with van der Waals surface area (Å²) in [5.74, 6) is 0.612. The number of aromatic nitrogens is 2. The summed E-state index contributed by atoms with van der Waals surface area (Å²) in [6, 6.07) is 8.60. The molecule has 0 saturated carbocycles. The van der Waals surface area contributed by atoms with Gasteiger partial charge in [-0.1, -0.05) is 24.3 Å². The van der Waals surface area contributed by atoms with Crippen molar-refractivity contribution in [3.8, 4) is 0 Å². The number of nitrogens with zero attached hydrogens (tertiary/aromatic N) is 2. The van der Waals surface area contributed by atoms with Crippen LogP contribution in [0, 0.1) is 0 Å². The van der Waals surface area contributed by atoms with Gasteiger partial charge in [0.2, 0.25) is 0 Å². The van der Waals surface area contributed by atoms with Crippen LogP contribution in [0.3, 0.4) is 0 Å². The van der Waals surface area contributed by atoms with Gasteiger partial charge < -0.3 is 5.73 Å². The van der Waals surface area contributed by atoms with Crippen molar-refractivity contribution in [2.24, 2.45) is 0 Å². The smallest absolute Gasteiger partial charge is 0.0719 e. The van der Waals surface area contributed by atoms with Crippen LogP contribution < -0.4 is 5.73 Å². The van der Waals surface area contributed by atoms with Crippen molar-refractivity contribution < 1.29 is 0 Å². The summed E-state index contributed by atoms with van der Waals surface area (Å²) in [7, 11) is 0. The van der Waals surface area contributed by atoms with E-state index in [4.69, 9.17) is 5.73 Å². The molecule has 0 aliphatic heterocycles. The lowest BCUT2D eigenvalue weighted by Crippen LogP contribution is -2.22. The third kappa shape index (κ3) is 1.40. The van der Waals surface area contributed by atoms with Crippen LogP contribution >= 0.6 is 0 Å². The van der Waals surface area contributed by atoms with Crippen molar-refractivity contribution in [3.63, 3.8) is 0 Å². The molecular weight excluding hydrogens is 186 g/mol. The van der Waals surface area contributed by atoms with Crippen LogP contribution in [0.1, 0.15) is 17.0 Å². The van der Waals surface area contributed by atoms with Crippen LogP contribution in [0.4, 0.5) is 5.69 Å². The molecule has 1 atom stereocenters. The SMILES string of the molecule is Nc1cnn(CC2Cc3ccccc32)c1. The lowest BCUT2D eigenvalue weighted by atomic mass is 9.78. The summed E-state index contributed by atoms with van der Waals surface area (Å²) < 4.78 is 1.93. The molecule has 1 aromatic heterocycles. The first-order valence-corrected chi connectivity index (χ1v) is 5.18. The molecule has 76 valence electrons. The average molecular weight is 199 g/mol. The molecule has 0 saturated heterocycles. The fourth-order valence-electron chi connectivity index (χ4n) is 2.23. The molecule has 1 aliphatic rings. The molecule has 1 heterocycles. The molecule has 1 unspecified atom stereocenters. The van der Waals surface area contributed by atoms with Gasteiger partial charge in [0.1, 0.15) is 0 Å². The zero-order valence-electron chi connectivity index (χ0n) is 8.43. The van der Waals surface area contributed by atoms with E-state index in [1.165, 1.54) is 11.1 Å². The second-order valence-corrected chi connectivity index (χ2v) is 4.10. The summed E-state index contributed by atoms with van der Waals surface area (Å²) in [5.41, 5.74) is 9.30. The maximum atomic E-state index is 5.63. The van der Waals surface area contributed by atoms with Crippen molar-refractivity contribution in [1.29, 1.82) is 0 Å². The number of nitrogens with two attached hydrogens (primary N) is 1. The first-order chi connectivity index (χ1) is 7.33. The predicted molar refractivity (Wildman–Crippen MR) is 59.5 cm³/mol. The zero-order valence-corrected chi connectivity index (χ0v) is 8.43. The number of hydrogen-bond donors (Lipinski definition) is 1. The van der Waals surface area contributed by atoms with E-state index < -0.39 is 0 Å². The van der Waals surface area contributed by atoms with Crippen molar-refractivity contribution in [3.05, 3.63) is 47.8 Å². The van der Waals surface area contributed by atoms with Gasteiger partial charge in [0.25, 0.3) is 0 Å². The Balaban J connectivity index is 1.78. The lowest BCUT2D eigenvalue weighted by Gasteiger charge is -2.29. The van der Waals surface area contributed by atoms with Gasteiger partial charge >= 0.3 is 0 Å². The van der Waals surface area contributed by atoms with Gasteiger partial charge in [-0.15, -0.1) is 0 Å². The topological polar surface area (TPSA) is 43.8 Å². The van der Waals surface area contributed by atoms with Crippen molar-refractivity contribution in [2.75, 3.05) is 5.73 Å². The molecule has 3 nitrogen and oxygen atoms in total. The number of fused-ring (bicyclic) bond motifs is 1. The van der Waals surface area contributed by atoms with E-state index in [-0.39, 0.29) is 0 Å². The third-order valence-corrected chi connectivity index (χ3v) is 3.02. The Morgan fingerprint density at radius 1 is 1.40 bits per heavy atom. The minimum absolute atomic E-state index is 0.612. The number of rotatable bonds is 2. The van der Waals surface area contributed by atoms with Crippen molar-refractivity contribution in [1.82, 2.24) is 9.78 Å². The Bertz CT molecular complexity index is 487. The van der Waals surface area contributed by atoms with E-state index in [9.17, 15) is 0 Å². The minimum atomic E-state index is 0.612. The van der Waals surface area contributed by atoms with E-state index in [1.807, 2.05) is 10.9 Å². The fraction of sp³-hybridized carbons (Fsp3) is 0.250. The highest BCUT2D eigenvalue weighted by molar-refractivity contribution is 5.40. The second-order valence-electron chi connectivity index (χ2n) is 4.10. The van der Waals surface area contributed by atoms with E-state index >= 15 is 0 Å². The van der Waals surface area contributed by atoms with E-state index in [2.05, 4.69) is 29.4 Å². The molecule has 1 aromatic carbocycles. The van der Waals surface area contributed by atoms with Gasteiger partial charge in [-0.05, 0) is 17.5 Å². The zero-order chi connectivity index (χ0) is 10.3. The van der Waals surface area contributed by atoms with E-state index in [0.29, 0.717) is 5.92 Å². The fourth-order valence-corrected chi connectivity index (χ4v) is 2.23. The molecule has 0 amide bonds. The quantitative estimate of drug-likeness (QED) is 0.801. The number of benzene rings is 1. The highest BCUT2D eigenvalue weighted by Gasteiger charge is 2.25. The van der Waals surface area contributed by atoms with Crippen LogP contribution in [0.2, 0.25) is 0 Å². The Kier molecular flexibility index (Phi) is 1.78.